The van der Waals surface area contributed by atoms with Crippen molar-refractivity contribution in [2.24, 2.45) is 0 Å². The third-order valence-electron chi connectivity index (χ3n) is 7.99. The lowest BCUT2D eigenvalue weighted by Gasteiger charge is -2.43. The van der Waals surface area contributed by atoms with E-state index in [9.17, 15) is 9.59 Å². The summed E-state index contributed by atoms with van der Waals surface area (Å²) < 4.78 is 27.0. The zero-order valence-corrected chi connectivity index (χ0v) is 27.4. The normalized spacial score (nSPS) is 18.6. The molecule has 3 aromatic carbocycles. The Labute approximate surface area is 263 Å². The molecule has 0 radical (unpaired) electrons. The summed E-state index contributed by atoms with van der Waals surface area (Å²) in [6, 6.07) is 28.2. The largest absolute Gasteiger partial charge is 0.450 e. The van der Waals surface area contributed by atoms with Crippen molar-refractivity contribution in [2.75, 3.05) is 6.61 Å². The van der Waals surface area contributed by atoms with Crippen LogP contribution >= 0.6 is 12.2 Å². The van der Waals surface area contributed by atoms with Gasteiger partial charge >= 0.3 is 10.9 Å². The lowest BCUT2D eigenvalue weighted by atomic mass is 10.2. The summed E-state index contributed by atoms with van der Waals surface area (Å²) in [7, 11) is -2.90. The monoisotopic (exact) mass is 630 g/mol. The maximum atomic E-state index is 12.8. The van der Waals surface area contributed by atoms with Gasteiger partial charge < -0.3 is 18.6 Å². The number of benzene rings is 3. The fourth-order valence-electron chi connectivity index (χ4n) is 5.76. The predicted molar refractivity (Wildman–Crippen MR) is 177 cm³/mol. The van der Waals surface area contributed by atoms with Gasteiger partial charge in [0.05, 0.1) is 6.61 Å². The number of thiocarbonyl (C=S) groups is 1. The van der Waals surface area contributed by atoms with Crippen LogP contribution in [0.1, 0.15) is 44.5 Å². The highest BCUT2D eigenvalue weighted by Crippen LogP contribution is 2.38. The smallest absolute Gasteiger partial charge is 0.358 e. The van der Waals surface area contributed by atoms with Crippen LogP contribution < -0.4 is 26.4 Å². The second-order valence-electron chi connectivity index (χ2n) is 12.1. The Hall–Kier alpha value is -3.83. The third kappa shape index (κ3) is 6.63. The number of nitrogens with zero attached hydrogens (tertiary/aromatic N) is 1. The molecule has 8 nitrogen and oxygen atoms in total. The van der Waals surface area contributed by atoms with Crippen LogP contribution in [0.25, 0.3) is 0 Å². The fourth-order valence-corrected chi connectivity index (χ4v) is 10.6. The maximum absolute atomic E-state index is 12.8. The quantitative estimate of drug-likeness (QED) is 0.222. The van der Waals surface area contributed by atoms with E-state index in [1.54, 1.807) is 6.92 Å². The van der Waals surface area contributed by atoms with Gasteiger partial charge in [0.25, 0.3) is 13.9 Å². The van der Waals surface area contributed by atoms with Crippen molar-refractivity contribution in [1.82, 2.24) is 9.55 Å². The summed E-state index contributed by atoms with van der Waals surface area (Å²) in [6.07, 6.45) is -0.0962. The molecule has 0 spiro atoms. The lowest BCUT2D eigenvalue weighted by Crippen LogP contribution is -2.67. The highest BCUT2D eigenvalue weighted by molar-refractivity contribution is 7.79. The van der Waals surface area contributed by atoms with E-state index >= 15 is 0 Å². The molecule has 0 saturated carbocycles. The van der Waals surface area contributed by atoms with Gasteiger partial charge in [-0.05, 0) is 41.4 Å². The number of aromatic amines is 1. The van der Waals surface area contributed by atoms with Crippen molar-refractivity contribution < 1.29 is 18.6 Å². The fraction of sp³-hybridized carbons (Fsp3) is 0.324. The molecule has 1 fully saturated rings. The van der Waals surface area contributed by atoms with E-state index in [-0.39, 0.29) is 23.3 Å². The first-order valence-electron chi connectivity index (χ1n) is 14.7. The van der Waals surface area contributed by atoms with Crippen molar-refractivity contribution in [3.05, 3.63) is 123 Å². The molecule has 44 heavy (non-hydrogen) atoms. The van der Waals surface area contributed by atoms with E-state index in [1.165, 1.54) is 10.8 Å². The molecule has 3 atom stereocenters. The molecule has 1 aliphatic rings. The minimum absolute atomic E-state index is 0.0523. The third-order valence-corrected chi connectivity index (χ3v) is 13.2. The van der Waals surface area contributed by atoms with Crippen LogP contribution in [0.4, 0.5) is 0 Å². The molecule has 10 heteroatoms. The van der Waals surface area contributed by atoms with E-state index in [0.29, 0.717) is 11.3 Å². The number of ether oxygens (including phenoxy) is 3. The molecular weight excluding hydrogens is 593 g/mol. The average molecular weight is 631 g/mol. The number of nitrogens with one attached hydrogen (secondary N) is 1. The summed E-state index contributed by atoms with van der Waals surface area (Å²) in [5.41, 5.74) is 0.502. The molecule has 1 aromatic heterocycles. The van der Waals surface area contributed by atoms with Gasteiger partial charge in [-0.3, -0.25) is 14.3 Å². The van der Waals surface area contributed by atoms with Gasteiger partial charge in [-0.1, -0.05) is 99.1 Å². The number of aromatic nitrogens is 2. The topological polar surface area (TPSA) is 91.8 Å². The first-order valence-corrected chi connectivity index (χ1v) is 17.0. The van der Waals surface area contributed by atoms with Gasteiger partial charge in [-0.15, -0.1) is 0 Å². The Morgan fingerprint density at radius 3 is 2.11 bits per heavy atom. The maximum Gasteiger partial charge on any atom is 0.358 e. The van der Waals surface area contributed by atoms with Crippen molar-refractivity contribution in [2.45, 2.75) is 64.5 Å². The zero-order valence-electron chi connectivity index (χ0n) is 25.6. The van der Waals surface area contributed by atoms with Crippen LogP contribution in [-0.2, 0) is 13.9 Å². The number of hydrogen-bond donors (Lipinski definition) is 1. The first kappa shape index (κ1) is 31.6. The molecule has 0 aliphatic carbocycles. The highest BCUT2D eigenvalue weighted by Gasteiger charge is 2.51. The molecule has 1 saturated heterocycles. The number of hydrogen-bond acceptors (Lipinski definition) is 7. The number of H-pyrrole nitrogens is 1. The predicted octanol–water partition coefficient (Wildman–Crippen LogP) is 4.77. The Kier molecular flexibility index (Phi) is 9.36. The van der Waals surface area contributed by atoms with Crippen LogP contribution in [0.3, 0.4) is 0 Å². The van der Waals surface area contributed by atoms with Crippen LogP contribution in [0.2, 0.25) is 5.04 Å². The Morgan fingerprint density at radius 1 is 0.955 bits per heavy atom. The molecule has 4 aromatic rings. The zero-order chi connectivity index (χ0) is 31.5. The summed E-state index contributed by atoms with van der Waals surface area (Å²) >= 11 is 5.50. The Bertz CT molecular complexity index is 1660. The molecular formula is C34H38N2O6SSi. The molecule has 1 aliphatic heterocycles. The van der Waals surface area contributed by atoms with Crippen molar-refractivity contribution >= 4 is 36.1 Å². The second kappa shape index (κ2) is 13.0. The highest BCUT2D eigenvalue weighted by atomic mass is 32.1. The second-order valence-corrected chi connectivity index (χ2v) is 16.8. The minimum Gasteiger partial charge on any atom is -0.450 e. The standard InChI is InChI=1S/C34H38N2O6SSi/c1-23-16-18-25(19-17-23)40-33(43)42-28-20-30(36-21-24(2)31(37)35-32(36)38)41-29(28)22-39-44(34(3,4)5,26-12-8-6-9-13-26)27-14-10-7-11-15-27/h6-19,21,28-30H,20,22H2,1-5H3,(H,35,37,38)/t28-,29+,30+/m0/s1. The van der Waals surface area contributed by atoms with Gasteiger partial charge in [-0.25, -0.2) is 4.79 Å². The van der Waals surface area contributed by atoms with Crippen molar-refractivity contribution in [3.63, 3.8) is 0 Å². The van der Waals surface area contributed by atoms with E-state index in [0.717, 1.165) is 15.9 Å². The van der Waals surface area contributed by atoms with Gasteiger partial charge in [0.15, 0.2) is 0 Å². The minimum atomic E-state index is -2.90. The van der Waals surface area contributed by atoms with Crippen LogP contribution in [-0.4, -0.2) is 41.9 Å². The summed E-state index contributed by atoms with van der Waals surface area (Å²) in [4.78, 5) is 27.2. The molecule has 5 rings (SSSR count). The Morgan fingerprint density at radius 2 is 1.55 bits per heavy atom. The summed E-state index contributed by atoms with van der Waals surface area (Å²) in [5.74, 6) is 0.559. The van der Waals surface area contributed by atoms with Gasteiger partial charge in [0.2, 0.25) is 0 Å². The molecule has 0 amide bonds. The van der Waals surface area contributed by atoms with Crippen LogP contribution in [0, 0.1) is 13.8 Å². The number of rotatable bonds is 8. The van der Waals surface area contributed by atoms with E-state index in [2.05, 4.69) is 50.0 Å². The molecule has 2 heterocycles. The Balaban J connectivity index is 1.48. The molecule has 0 unspecified atom stereocenters. The average Bonchev–Trinajstić information content (AvgIpc) is 3.38. The summed E-state index contributed by atoms with van der Waals surface area (Å²) in [5, 5.41) is 1.97. The molecule has 1 N–H and O–H groups in total. The van der Waals surface area contributed by atoms with Crippen molar-refractivity contribution in [1.29, 1.82) is 0 Å². The van der Waals surface area contributed by atoms with E-state index < -0.39 is 38.0 Å². The molecule has 0 bridgehead atoms. The van der Waals surface area contributed by atoms with Gasteiger partial charge in [0.1, 0.15) is 24.2 Å². The SMILES string of the molecule is Cc1ccc(OC(=S)O[C@H]2C[C@H](n3cc(C)c(=O)[nH]c3=O)O[C@@H]2CO[Si](c2ccccc2)(c2ccccc2)C(C)(C)C)cc1. The van der Waals surface area contributed by atoms with Crippen LogP contribution in [0.5, 0.6) is 5.75 Å². The van der Waals surface area contributed by atoms with Crippen LogP contribution in [0.15, 0.2) is 101 Å². The van der Waals surface area contributed by atoms with E-state index in [4.69, 9.17) is 30.9 Å². The first-order chi connectivity index (χ1) is 21.0. The molecule has 230 valence electrons. The lowest BCUT2D eigenvalue weighted by molar-refractivity contribution is -0.0423. The van der Waals surface area contributed by atoms with E-state index in [1.807, 2.05) is 67.6 Å². The van der Waals surface area contributed by atoms with Crippen molar-refractivity contribution in [3.8, 4) is 5.75 Å². The van der Waals surface area contributed by atoms with Gasteiger partial charge in [0, 0.05) is 30.4 Å². The number of aryl methyl sites for hydroxylation is 2. The van der Waals surface area contributed by atoms with Gasteiger partial charge in [-0.2, -0.15) is 0 Å². The summed E-state index contributed by atoms with van der Waals surface area (Å²) in [6.45, 7) is 10.4.